The minimum Gasteiger partial charge on any atom is -0.481 e. The lowest BCUT2D eigenvalue weighted by atomic mass is 10.2. The second-order valence-corrected chi connectivity index (χ2v) is 4.69. The van der Waals surface area contributed by atoms with E-state index in [4.69, 9.17) is 4.74 Å². The molecule has 2 rings (SSSR count). The maximum atomic E-state index is 11.9. The van der Waals surface area contributed by atoms with Crippen molar-refractivity contribution in [1.29, 1.82) is 0 Å². The SMILES string of the molecule is COc1cc(CNC(=O)Nc2cc(C)cc(C)n2)ccn1. The summed E-state index contributed by atoms with van der Waals surface area (Å²) < 4.78 is 5.03. The monoisotopic (exact) mass is 286 g/mol. The molecule has 0 radical (unpaired) electrons. The predicted octanol–water partition coefficient (Wildman–Crippen LogP) is 2.42. The molecule has 0 saturated heterocycles. The van der Waals surface area contributed by atoms with Gasteiger partial charge in [0.1, 0.15) is 5.82 Å². The molecule has 6 heteroatoms. The normalized spacial score (nSPS) is 10.0. The molecule has 0 aliphatic heterocycles. The number of pyridine rings is 2. The van der Waals surface area contributed by atoms with Crippen LogP contribution in [-0.2, 0) is 6.54 Å². The van der Waals surface area contributed by atoms with E-state index in [-0.39, 0.29) is 6.03 Å². The molecule has 0 aliphatic rings. The Bertz CT molecular complexity index is 623. The molecule has 2 aromatic heterocycles. The van der Waals surface area contributed by atoms with E-state index in [0.717, 1.165) is 16.8 Å². The summed E-state index contributed by atoms with van der Waals surface area (Å²) in [5.41, 5.74) is 2.83. The van der Waals surface area contributed by atoms with Gasteiger partial charge in [-0.25, -0.2) is 14.8 Å². The Morgan fingerprint density at radius 2 is 2.10 bits per heavy atom. The second-order valence-electron chi connectivity index (χ2n) is 4.69. The first-order valence-electron chi connectivity index (χ1n) is 6.56. The van der Waals surface area contributed by atoms with Crippen molar-refractivity contribution in [2.75, 3.05) is 12.4 Å². The Morgan fingerprint density at radius 1 is 1.29 bits per heavy atom. The highest BCUT2D eigenvalue weighted by Gasteiger charge is 2.04. The summed E-state index contributed by atoms with van der Waals surface area (Å²) in [6, 6.07) is 7.06. The smallest absolute Gasteiger partial charge is 0.320 e. The molecule has 21 heavy (non-hydrogen) atoms. The number of amides is 2. The largest absolute Gasteiger partial charge is 0.481 e. The van der Waals surface area contributed by atoms with E-state index in [0.29, 0.717) is 18.2 Å². The highest BCUT2D eigenvalue weighted by atomic mass is 16.5. The summed E-state index contributed by atoms with van der Waals surface area (Å²) >= 11 is 0. The van der Waals surface area contributed by atoms with E-state index in [2.05, 4.69) is 20.6 Å². The number of aryl methyl sites for hydroxylation is 2. The van der Waals surface area contributed by atoms with Gasteiger partial charge in [-0.2, -0.15) is 0 Å². The zero-order valence-corrected chi connectivity index (χ0v) is 12.3. The van der Waals surface area contributed by atoms with Crippen LogP contribution in [0.3, 0.4) is 0 Å². The van der Waals surface area contributed by atoms with Gasteiger partial charge in [-0.1, -0.05) is 0 Å². The van der Waals surface area contributed by atoms with Gasteiger partial charge >= 0.3 is 6.03 Å². The van der Waals surface area contributed by atoms with Crippen molar-refractivity contribution in [2.45, 2.75) is 20.4 Å². The van der Waals surface area contributed by atoms with Gasteiger partial charge in [-0.3, -0.25) is 5.32 Å². The zero-order chi connectivity index (χ0) is 15.2. The lowest BCUT2D eigenvalue weighted by Crippen LogP contribution is -2.28. The van der Waals surface area contributed by atoms with Crippen LogP contribution in [0.15, 0.2) is 30.5 Å². The predicted molar refractivity (Wildman–Crippen MR) is 80.4 cm³/mol. The van der Waals surface area contributed by atoms with Crippen LogP contribution in [0.4, 0.5) is 10.6 Å². The standard InChI is InChI=1S/C15H18N4O2/c1-10-6-11(2)18-13(7-10)19-15(20)17-9-12-4-5-16-14(8-12)21-3/h4-8H,9H2,1-3H3,(H2,17,18,19,20). The fraction of sp³-hybridized carbons (Fsp3) is 0.267. The fourth-order valence-corrected chi connectivity index (χ4v) is 1.92. The van der Waals surface area contributed by atoms with Crippen molar-refractivity contribution < 1.29 is 9.53 Å². The van der Waals surface area contributed by atoms with Crippen molar-refractivity contribution in [2.24, 2.45) is 0 Å². The number of anilines is 1. The van der Waals surface area contributed by atoms with Gasteiger partial charge in [-0.15, -0.1) is 0 Å². The Kier molecular flexibility index (Phi) is 4.71. The third kappa shape index (κ3) is 4.45. The van der Waals surface area contributed by atoms with Gasteiger partial charge in [0.25, 0.3) is 0 Å². The summed E-state index contributed by atoms with van der Waals surface area (Å²) in [7, 11) is 1.55. The van der Waals surface area contributed by atoms with Crippen LogP contribution in [0.1, 0.15) is 16.8 Å². The number of nitrogens with one attached hydrogen (secondary N) is 2. The molecule has 0 bridgehead atoms. The molecule has 2 heterocycles. The van der Waals surface area contributed by atoms with E-state index in [1.807, 2.05) is 32.0 Å². The lowest BCUT2D eigenvalue weighted by molar-refractivity contribution is 0.251. The molecule has 0 unspecified atom stereocenters. The number of aromatic nitrogens is 2. The number of ether oxygens (including phenoxy) is 1. The van der Waals surface area contributed by atoms with Crippen molar-refractivity contribution >= 4 is 11.8 Å². The molecule has 0 spiro atoms. The Morgan fingerprint density at radius 3 is 2.81 bits per heavy atom. The van der Waals surface area contributed by atoms with Crippen LogP contribution >= 0.6 is 0 Å². The number of rotatable bonds is 4. The van der Waals surface area contributed by atoms with Crippen molar-refractivity contribution in [3.63, 3.8) is 0 Å². The molecule has 0 aromatic carbocycles. The van der Waals surface area contributed by atoms with Crippen LogP contribution in [0.5, 0.6) is 5.88 Å². The van der Waals surface area contributed by atoms with E-state index in [1.165, 1.54) is 0 Å². The number of methoxy groups -OCH3 is 1. The first kappa shape index (κ1) is 14.8. The van der Waals surface area contributed by atoms with Crippen LogP contribution in [0, 0.1) is 13.8 Å². The maximum Gasteiger partial charge on any atom is 0.320 e. The average molecular weight is 286 g/mol. The summed E-state index contributed by atoms with van der Waals surface area (Å²) in [6.45, 7) is 4.23. The quantitative estimate of drug-likeness (QED) is 0.905. The summed E-state index contributed by atoms with van der Waals surface area (Å²) in [5.74, 6) is 1.06. The van der Waals surface area contributed by atoms with E-state index < -0.39 is 0 Å². The molecule has 2 N–H and O–H groups in total. The van der Waals surface area contributed by atoms with E-state index >= 15 is 0 Å². The first-order valence-corrected chi connectivity index (χ1v) is 6.56. The van der Waals surface area contributed by atoms with Crippen molar-refractivity contribution in [3.05, 3.63) is 47.3 Å². The number of carbonyl (C=O) groups excluding carboxylic acids is 1. The number of nitrogens with zero attached hydrogens (tertiary/aromatic N) is 2. The Balaban J connectivity index is 1.92. The number of carbonyl (C=O) groups is 1. The van der Waals surface area contributed by atoms with Gasteiger partial charge in [-0.05, 0) is 43.2 Å². The van der Waals surface area contributed by atoms with Gasteiger partial charge in [0, 0.05) is 24.5 Å². The highest BCUT2D eigenvalue weighted by molar-refractivity contribution is 5.88. The molecule has 0 atom stereocenters. The van der Waals surface area contributed by atoms with Gasteiger partial charge in [0.2, 0.25) is 5.88 Å². The zero-order valence-electron chi connectivity index (χ0n) is 12.3. The maximum absolute atomic E-state index is 11.9. The minimum absolute atomic E-state index is 0.303. The molecule has 0 fully saturated rings. The molecule has 0 saturated carbocycles. The third-order valence-electron chi connectivity index (χ3n) is 2.80. The molecule has 2 amide bonds. The summed E-state index contributed by atoms with van der Waals surface area (Å²) in [5, 5.41) is 5.48. The third-order valence-corrected chi connectivity index (χ3v) is 2.80. The van der Waals surface area contributed by atoms with Crippen molar-refractivity contribution in [3.8, 4) is 5.88 Å². The summed E-state index contributed by atoms with van der Waals surface area (Å²) in [6.07, 6.45) is 1.64. The van der Waals surface area contributed by atoms with Gasteiger partial charge in [0.15, 0.2) is 0 Å². The fourth-order valence-electron chi connectivity index (χ4n) is 1.92. The number of hydrogen-bond donors (Lipinski definition) is 2. The van der Waals surface area contributed by atoms with Crippen molar-refractivity contribution in [1.82, 2.24) is 15.3 Å². The molecule has 6 nitrogen and oxygen atoms in total. The first-order chi connectivity index (χ1) is 10.1. The molecular weight excluding hydrogens is 268 g/mol. The highest BCUT2D eigenvalue weighted by Crippen LogP contribution is 2.10. The Labute approximate surface area is 123 Å². The number of hydrogen-bond acceptors (Lipinski definition) is 4. The average Bonchev–Trinajstić information content (AvgIpc) is 2.44. The topological polar surface area (TPSA) is 76.1 Å². The minimum atomic E-state index is -0.303. The molecule has 0 aliphatic carbocycles. The van der Waals surface area contributed by atoms with E-state index in [1.54, 1.807) is 19.4 Å². The van der Waals surface area contributed by atoms with Crippen LogP contribution in [-0.4, -0.2) is 23.1 Å². The van der Waals surface area contributed by atoms with Gasteiger partial charge in [0.05, 0.1) is 7.11 Å². The summed E-state index contributed by atoms with van der Waals surface area (Å²) in [4.78, 5) is 20.1. The second kappa shape index (κ2) is 6.69. The van der Waals surface area contributed by atoms with E-state index in [9.17, 15) is 4.79 Å². The lowest BCUT2D eigenvalue weighted by Gasteiger charge is -2.09. The number of urea groups is 1. The van der Waals surface area contributed by atoms with Crippen LogP contribution < -0.4 is 15.4 Å². The van der Waals surface area contributed by atoms with Crippen LogP contribution in [0.2, 0.25) is 0 Å². The molecular formula is C15H18N4O2. The van der Waals surface area contributed by atoms with Gasteiger partial charge < -0.3 is 10.1 Å². The molecule has 110 valence electrons. The Hall–Kier alpha value is -2.63. The molecule has 2 aromatic rings. The van der Waals surface area contributed by atoms with Crippen LogP contribution in [0.25, 0.3) is 0 Å².